The van der Waals surface area contributed by atoms with Crippen LogP contribution in [0.5, 0.6) is 5.75 Å². The number of benzene rings is 4. The number of thioether (sulfide) groups is 1. The van der Waals surface area contributed by atoms with Gasteiger partial charge in [-0.15, -0.1) is 5.10 Å². The molecule has 4 aromatic carbocycles. The van der Waals surface area contributed by atoms with Crippen molar-refractivity contribution in [1.82, 2.24) is 29.9 Å². The topological polar surface area (TPSA) is 162 Å². The Hall–Kier alpha value is -4.70. The first kappa shape index (κ1) is 33.8. The molecule has 0 bridgehead atoms. The maximum absolute atomic E-state index is 13.2. The van der Waals surface area contributed by atoms with Crippen molar-refractivity contribution in [3.8, 4) is 11.4 Å². The van der Waals surface area contributed by atoms with E-state index in [0.29, 0.717) is 22.1 Å². The number of sulfonamides is 1. The molecule has 2 aromatic heterocycles. The first-order valence-electron chi connectivity index (χ1n) is 15.9. The highest BCUT2D eigenvalue weighted by Gasteiger charge is 2.38. The minimum Gasteiger partial charge on any atom is -0.508 e. The maximum atomic E-state index is 13.2. The van der Waals surface area contributed by atoms with Gasteiger partial charge in [0.05, 0.1) is 30.0 Å². The van der Waals surface area contributed by atoms with Crippen LogP contribution in [0.4, 0.5) is 0 Å². The van der Waals surface area contributed by atoms with Crippen molar-refractivity contribution in [3.63, 3.8) is 0 Å². The molecule has 7 rings (SSSR count). The molecule has 12 nitrogen and oxygen atoms in total. The molecule has 1 aliphatic heterocycles. The summed E-state index contributed by atoms with van der Waals surface area (Å²) in [4.78, 5) is 4.41. The highest BCUT2D eigenvalue weighted by Crippen LogP contribution is 2.43. The van der Waals surface area contributed by atoms with Crippen molar-refractivity contribution < 1.29 is 28.1 Å². The maximum Gasteiger partial charge on any atom is 0.243 e. The molecule has 14 heteroatoms. The summed E-state index contributed by atoms with van der Waals surface area (Å²) >= 11 is 1.45. The van der Waals surface area contributed by atoms with Crippen LogP contribution in [0, 0.1) is 5.92 Å². The van der Waals surface area contributed by atoms with Gasteiger partial charge in [-0.05, 0) is 63.5 Å². The summed E-state index contributed by atoms with van der Waals surface area (Å²) in [5, 5.41) is 32.8. The van der Waals surface area contributed by atoms with Crippen LogP contribution in [-0.2, 0) is 32.6 Å². The predicted molar refractivity (Wildman–Crippen MR) is 187 cm³/mol. The van der Waals surface area contributed by atoms with Crippen LogP contribution in [0.15, 0.2) is 119 Å². The van der Waals surface area contributed by atoms with Crippen molar-refractivity contribution in [2.45, 2.75) is 48.6 Å². The first-order chi connectivity index (χ1) is 24.3. The fourth-order valence-corrected chi connectivity index (χ4v) is 8.08. The molecular formula is C36H34N6O6S2. The number of phenols is 1. The molecule has 1 aliphatic rings. The smallest absolute Gasteiger partial charge is 0.243 e. The summed E-state index contributed by atoms with van der Waals surface area (Å²) in [6, 6.07) is 30.5. The molecule has 0 radical (unpaired) electrons. The lowest BCUT2D eigenvalue weighted by molar-refractivity contribution is -0.268. The second-order valence-corrected chi connectivity index (χ2v) is 14.6. The Balaban J connectivity index is 1.09. The Kier molecular flexibility index (Phi) is 9.90. The minimum absolute atomic E-state index is 0.0521. The summed E-state index contributed by atoms with van der Waals surface area (Å²) in [7, 11) is -3.83. The van der Waals surface area contributed by atoms with Gasteiger partial charge in [0, 0.05) is 35.4 Å². The van der Waals surface area contributed by atoms with Crippen molar-refractivity contribution in [1.29, 1.82) is 0 Å². The molecule has 0 aliphatic carbocycles. The average Bonchev–Trinajstić information content (AvgIpc) is 3.62. The molecule has 256 valence electrons. The van der Waals surface area contributed by atoms with E-state index in [2.05, 4.69) is 32.2 Å². The van der Waals surface area contributed by atoms with Crippen LogP contribution in [-0.4, -0.2) is 55.7 Å². The van der Waals surface area contributed by atoms with Crippen LogP contribution >= 0.6 is 11.8 Å². The van der Waals surface area contributed by atoms with Gasteiger partial charge >= 0.3 is 0 Å². The van der Waals surface area contributed by atoms with E-state index in [1.165, 1.54) is 11.8 Å². The number of nitrogens with zero attached hydrogens (tertiary/aromatic N) is 5. The van der Waals surface area contributed by atoms with E-state index in [0.717, 1.165) is 27.6 Å². The van der Waals surface area contributed by atoms with Gasteiger partial charge in [0.2, 0.25) is 15.2 Å². The SMILES string of the molecule is C[C@H]1[C@@H](CSc2nnnn2-c2ccc(O)cc2)OC(c2ccc(CNS(=O)(=O)c3cccc4cccnc34)cc2)O[C@H]1c1ccc(CO)cc1. The summed E-state index contributed by atoms with van der Waals surface area (Å²) in [6.07, 6.45) is 0.280. The van der Waals surface area contributed by atoms with Gasteiger partial charge in [-0.3, -0.25) is 4.98 Å². The molecule has 50 heavy (non-hydrogen) atoms. The zero-order chi connectivity index (χ0) is 34.7. The van der Waals surface area contributed by atoms with Crippen LogP contribution in [0.3, 0.4) is 0 Å². The van der Waals surface area contributed by atoms with Crippen molar-refractivity contribution >= 4 is 32.7 Å². The number of hydrogen-bond acceptors (Lipinski definition) is 11. The van der Waals surface area contributed by atoms with Gasteiger partial charge in [-0.25, -0.2) is 13.1 Å². The molecule has 3 heterocycles. The third-order valence-electron chi connectivity index (χ3n) is 8.64. The van der Waals surface area contributed by atoms with Gasteiger partial charge in [-0.2, -0.15) is 4.68 Å². The fraction of sp³-hybridized carbons (Fsp3) is 0.222. The molecule has 6 aromatic rings. The number of ether oxygens (including phenoxy) is 2. The van der Waals surface area contributed by atoms with Gasteiger partial charge in [0.15, 0.2) is 6.29 Å². The number of phenolic OH excluding ortho intramolecular Hbond substituents is 1. The van der Waals surface area contributed by atoms with E-state index in [1.807, 2.05) is 60.7 Å². The monoisotopic (exact) mass is 710 g/mol. The van der Waals surface area contributed by atoms with E-state index in [4.69, 9.17) is 9.47 Å². The number of tetrazole rings is 1. The minimum atomic E-state index is -3.83. The van der Waals surface area contributed by atoms with Gasteiger partial charge in [0.25, 0.3) is 0 Å². The molecule has 4 atom stereocenters. The number of rotatable bonds is 11. The fourth-order valence-electron chi connectivity index (χ4n) is 5.83. The van der Waals surface area contributed by atoms with Crippen molar-refractivity contribution in [3.05, 3.63) is 132 Å². The van der Waals surface area contributed by atoms with Crippen LogP contribution in [0.25, 0.3) is 16.6 Å². The number of fused-ring (bicyclic) bond motifs is 1. The normalized spacial score (nSPS) is 19.5. The molecule has 1 unspecified atom stereocenters. The molecule has 0 spiro atoms. The number of aliphatic hydroxyl groups excluding tert-OH is 1. The lowest BCUT2D eigenvalue weighted by Crippen LogP contribution is -2.38. The van der Waals surface area contributed by atoms with Crippen LogP contribution < -0.4 is 4.72 Å². The van der Waals surface area contributed by atoms with Gasteiger partial charge < -0.3 is 19.7 Å². The second-order valence-electron chi connectivity index (χ2n) is 11.9. The van der Waals surface area contributed by atoms with E-state index in [-0.39, 0.29) is 41.9 Å². The lowest BCUT2D eigenvalue weighted by Gasteiger charge is -2.41. The van der Waals surface area contributed by atoms with E-state index in [1.54, 1.807) is 53.3 Å². The first-order valence-corrected chi connectivity index (χ1v) is 18.4. The Morgan fingerprint density at radius 3 is 2.36 bits per heavy atom. The summed E-state index contributed by atoms with van der Waals surface area (Å²) in [5.41, 5.74) is 4.44. The Labute approximate surface area is 293 Å². The van der Waals surface area contributed by atoms with Crippen LogP contribution in [0.1, 0.15) is 41.6 Å². The quantitative estimate of drug-likeness (QED) is 0.146. The highest BCUT2D eigenvalue weighted by atomic mass is 32.2. The third-order valence-corrected chi connectivity index (χ3v) is 11.1. The summed E-state index contributed by atoms with van der Waals surface area (Å²) in [6.45, 7) is 2.11. The molecule has 0 saturated carbocycles. The standard InChI is InChI=1S/C36H34N6O6S2/c1-23-31(22-49-36-39-40-41-42(36)29-15-17-30(44)18-16-29)47-35(48-34(23)27-11-9-25(21-43)10-12-27)28-13-7-24(8-14-28)20-38-50(45,46)32-6-2-4-26-5-3-19-37-33(26)32/h2-19,23,31,34-35,38,43-44H,20-22H2,1H3/t23-,31+,34+,35?/m0/s1. The lowest BCUT2D eigenvalue weighted by atomic mass is 9.91. The summed E-state index contributed by atoms with van der Waals surface area (Å²) < 4.78 is 44.0. The predicted octanol–water partition coefficient (Wildman–Crippen LogP) is 5.47. The highest BCUT2D eigenvalue weighted by molar-refractivity contribution is 7.99. The Morgan fingerprint density at radius 2 is 1.60 bits per heavy atom. The molecule has 0 amide bonds. The molecular weight excluding hydrogens is 677 g/mol. The van der Waals surface area contributed by atoms with E-state index < -0.39 is 16.3 Å². The molecule has 1 fully saturated rings. The number of aromatic nitrogens is 5. The second kappa shape index (κ2) is 14.6. The van der Waals surface area contributed by atoms with Gasteiger partial charge in [-0.1, -0.05) is 85.4 Å². The Morgan fingerprint density at radius 1 is 0.880 bits per heavy atom. The largest absolute Gasteiger partial charge is 0.508 e. The van der Waals surface area contributed by atoms with Crippen molar-refractivity contribution in [2.24, 2.45) is 5.92 Å². The third kappa shape index (κ3) is 7.26. The number of nitrogens with one attached hydrogen (secondary N) is 1. The van der Waals surface area contributed by atoms with Crippen LogP contribution in [0.2, 0.25) is 0 Å². The summed E-state index contributed by atoms with van der Waals surface area (Å²) in [5.74, 6) is 0.611. The average molecular weight is 711 g/mol. The number of aromatic hydroxyl groups is 1. The van der Waals surface area contributed by atoms with E-state index >= 15 is 0 Å². The van der Waals surface area contributed by atoms with E-state index in [9.17, 15) is 18.6 Å². The zero-order valence-electron chi connectivity index (χ0n) is 26.9. The van der Waals surface area contributed by atoms with Crippen molar-refractivity contribution in [2.75, 3.05) is 5.75 Å². The Bertz CT molecular complexity index is 2180. The number of pyridine rings is 1. The number of hydrogen-bond donors (Lipinski definition) is 3. The molecule has 3 N–H and O–H groups in total. The van der Waals surface area contributed by atoms with Gasteiger partial charge in [0.1, 0.15) is 10.6 Å². The number of aliphatic hydroxyl groups is 1. The molecule has 1 saturated heterocycles. The zero-order valence-corrected chi connectivity index (χ0v) is 28.5. The number of para-hydroxylation sites is 1.